The molecule has 0 aliphatic heterocycles. The number of benzene rings is 2. The first-order valence-corrected chi connectivity index (χ1v) is 11.2. The lowest BCUT2D eigenvalue weighted by molar-refractivity contribution is 0.107. The number of ether oxygens (including phenoxy) is 1. The monoisotopic (exact) mass is 478 g/mol. The Labute approximate surface area is 202 Å². The molecule has 0 saturated heterocycles. The summed E-state index contributed by atoms with van der Waals surface area (Å²) in [5, 5.41) is 4.72. The predicted octanol–water partition coefficient (Wildman–Crippen LogP) is 5.71. The topological polar surface area (TPSA) is 67.3 Å². The summed E-state index contributed by atoms with van der Waals surface area (Å²) in [6.45, 7) is 0.477. The van der Waals surface area contributed by atoms with Crippen molar-refractivity contribution < 1.29 is 13.9 Å². The van der Waals surface area contributed by atoms with Crippen molar-refractivity contribution in [2.24, 2.45) is 0 Å². The Morgan fingerprint density at radius 1 is 1.09 bits per heavy atom. The highest BCUT2D eigenvalue weighted by atomic mass is 35.5. The maximum atomic E-state index is 13.9. The van der Waals surface area contributed by atoms with Crippen LogP contribution in [-0.4, -0.2) is 40.7 Å². The van der Waals surface area contributed by atoms with E-state index in [9.17, 15) is 9.18 Å². The van der Waals surface area contributed by atoms with Gasteiger partial charge >= 0.3 is 6.09 Å². The third-order valence-electron chi connectivity index (χ3n) is 5.51. The van der Waals surface area contributed by atoms with Gasteiger partial charge in [-0.05, 0) is 42.3 Å². The van der Waals surface area contributed by atoms with Crippen LogP contribution in [0.1, 0.15) is 11.3 Å². The molecule has 4 rings (SSSR count). The van der Waals surface area contributed by atoms with E-state index >= 15 is 0 Å². The molecule has 2 aromatic heterocycles. The number of nitrogens with one attached hydrogen (secondary N) is 1. The summed E-state index contributed by atoms with van der Waals surface area (Å²) in [5.74, 6) is -0.0581. The number of nitrogens with zero attached hydrogens (tertiary/aromatic N) is 3. The fraction of sp³-hybridized carbons (Fsp3) is 0.192. The molecular formula is C26H24ClFN4O2. The van der Waals surface area contributed by atoms with Crippen molar-refractivity contribution in [2.45, 2.75) is 19.0 Å². The van der Waals surface area contributed by atoms with Gasteiger partial charge in [0.05, 0.1) is 5.02 Å². The zero-order valence-corrected chi connectivity index (χ0v) is 19.4. The van der Waals surface area contributed by atoms with Crippen LogP contribution in [0.4, 0.5) is 15.0 Å². The third kappa shape index (κ3) is 6.07. The van der Waals surface area contributed by atoms with Crippen molar-refractivity contribution in [1.29, 1.82) is 0 Å². The Bertz CT molecular complexity index is 1270. The normalized spacial score (nSPS) is 12.0. The Balaban J connectivity index is 1.43. The van der Waals surface area contributed by atoms with Crippen LogP contribution < -0.4 is 5.32 Å². The number of halogens is 2. The number of carbonyl (C=O) groups is 1. The number of carbonyl (C=O) groups excluding carboxylic acids is 1. The van der Waals surface area contributed by atoms with Gasteiger partial charge in [-0.25, -0.2) is 14.2 Å². The number of aromatic nitrogens is 2. The lowest BCUT2D eigenvalue weighted by atomic mass is 10.1. The van der Waals surface area contributed by atoms with Crippen LogP contribution in [0.3, 0.4) is 0 Å². The molecule has 0 spiro atoms. The van der Waals surface area contributed by atoms with E-state index in [2.05, 4.69) is 15.3 Å². The first-order chi connectivity index (χ1) is 16.5. The summed E-state index contributed by atoms with van der Waals surface area (Å²) in [4.78, 5) is 23.1. The molecule has 174 valence electrons. The molecule has 34 heavy (non-hydrogen) atoms. The highest BCUT2D eigenvalue weighted by molar-refractivity contribution is 6.31. The summed E-state index contributed by atoms with van der Waals surface area (Å²) in [6.07, 6.45) is 3.34. The lowest BCUT2D eigenvalue weighted by Crippen LogP contribution is -2.38. The largest absolute Gasteiger partial charge is 0.448 e. The molecule has 0 saturated carbocycles. The minimum Gasteiger partial charge on any atom is -0.448 e. The second-order valence-electron chi connectivity index (χ2n) is 7.95. The molecule has 6 nitrogen and oxygen atoms in total. The molecule has 1 amide bonds. The van der Waals surface area contributed by atoms with Gasteiger partial charge < -0.3 is 4.74 Å². The van der Waals surface area contributed by atoms with Crippen LogP contribution in [-0.2, 0) is 17.7 Å². The van der Waals surface area contributed by atoms with Crippen molar-refractivity contribution in [3.05, 3.63) is 101 Å². The Kier molecular flexibility index (Phi) is 7.67. The second-order valence-corrected chi connectivity index (χ2v) is 8.33. The minimum absolute atomic E-state index is 0.0898. The van der Waals surface area contributed by atoms with Crippen molar-refractivity contribution in [2.75, 3.05) is 19.0 Å². The minimum atomic E-state index is -0.606. The number of hydrogen-bond acceptors (Lipinski definition) is 5. The summed E-state index contributed by atoms with van der Waals surface area (Å²) < 4.78 is 19.4. The quantitative estimate of drug-likeness (QED) is 0.351. The maximum absolute atomic E-state index is 13.9. The number of anilines is 1. The average Bonchev–Trinajstić information content (AvgIpc) is 2.85. The molecule has 8 heteroatoms. The van der Waals surface area contributed by atoms with Crippen LogP contribution >= 0.6 is 11.6 Å². The van der Waals surface area contributed by atoms with E-state index in [-0.39, 0.29) is 17.7 Å². The van der Waals surface area contributed by atoms with Gasteiger partial charge in [0.1, 0.15) is 18.2 Å². The summed E-state index contributed by atoms with van der Waals surface area (Å²) in [5.41, 5.74) is 1.50. The van der Waals surface area contributed by atoms with Gasteiger partial charge in [0.2, 0.25) is 0 Å². The molecular weight excluding hydrogens is 455 g/mol. The van der Waals surface area contributed by atoms with Gasteiger partial charge in [0.15, 0.2) is 0 Å². The summed E-state index contributed by atoms with van der Waals surface area (Å²) in [6, 6.07) is 19.7. The number of rotatable bonds is 8. The van der Waals surface area contributed by atoms with E-state index in [4.69, 9.17) is 16.3 Å². The van der Waals surface area contributed by atoms with Gasteiger partial charge in [0.25, 0.3) is 0 Å². The van der Waals surface area contributed by atoms with Crippen LogP contribution in [0.2, 0.25) is 5.02 Å². The molecule has 2 aromatic carbocycles. The third-order valence-corrected chi connectivity index (χ3v) is 5.94. The van der Waals surface area contributed by atoms with E-state index in [1.54, 1.807) is 30.6 Å². The number of amides is 1. The van der Waals surface area contributed by atoms with Gasteiger partial charge in [-0.15, -0.1) is 0 Å². The smallest absolute Gasteiger partial charge is 0.412 e. The van der Waals surface area contributed by atoms with Crippen molar-refractivity contribution in [1.82, 2.24) is 14.9 Å². The van der Waals surface area contributed by atoms with E-state index in [0.29, 0.717) is 24.3 Å². The number of pyridine rings is 2. The lowest BCUT2D eigenvalue weighted by Gasteiger charge is -2.28. The standard InChI is InChI=1S/C26H24ClFN4O2/c1-32(16-20-9-6-11-23(28)25(20)27)22(14-21-10-4-5-12-29-21)17-34-26(33)31-24-13-18-7-2-3-8-19(18)15-30-24/h2-13,15,22H,14,16-17H2,1H3,(H,30,31,33)/t22-/m1/s1. The molecule has 0 radical (unpaired) electrons. The molecule has 1 N–H and O–H groups in total. The zero-order valence-electron chi connectivity index (χ0n) is 18.6. The molecule has 0 bridgehead atoms. The Hall–Kier alpha value is -3.55. The van der Waals surface area contributed by atoms with Crippen molar-refractivity contribution in [3.63, 3.8) is 0 Å². The summed E-state index contributed by atoms with van der Waals surface area (Å²) >= 11 is 6.15. The van der Waals surface area contributed by atoms with E-state index < -0.39 is 11.9 Å². The Morgan fingerprint density at radius 3 is 2.68 bits per heavy atom. The van der Waals surface area contributed by atoms with E-state index in [1.807, 2.05) is 54.4 Å². The van der Waals surface area contributed by atoms with Crippen LogP contribution in [0.15, 0.2) is 79.1 Å². The van der Waals surface area contributed by atoms with Crippen LogP contribution in [0, 0.1) is 5.82 Å². The molecule has 2 heterocycles. The van der Waals surface area contributed by atoms with Gasteiger partial charge in [-0.3, -0.25) is 15.2 Å². The summed E-state index contributed by atoms with van der Waals surface area (Å²) in [7, 11) is 1.88. The van der Waals surface area contributed by atoms with Gasteiger partial charge in [-0.1, -0.05) is 54.1 Å². The Morgan fingerprint density at radius 2 is 1.88 bits per heavy atom. The molecule has 0 aliphatic carbocycles. The predicted molar refractivity (Wildman–Crippen MR) is 131 cm³/mol. The maximum Gasteiger partial charge on any atom is 0.412 e. The van der Waals surface area contributed by atoms with Crippen molar-refractivity contribution >= 4 is 34.3 Å². The van der Waals surface area contributed by atoms with Crippen LogP contribution in [0.5, 0.6) is 0 Å². The number of likely N-dealkylation sites (N-methyl/N-ethyl adjacent to an activating group) is 1. The average molecular weight is 479 g/mol. The fourth-order valence-corrected chi connectivity index (χ4v) is 3.82. The number of fused-ring (bicyclic) bond motifs is 1. The van der Waals surface area contributed by atoms with Gasteiger partial charge in [0, 0.05) is 42.5 Å². The van der Waals surface area contributed by atoms with Crippen molar-refractivity contribution in [3.8, 4) is 0 Å². The fourth-order valence-electron chi connectivity index (χ4n) is 3.64. The molecule has 0 aliphatic rings. The first-order valence-electron chi connectivity index (χ1n) is 10.8. The van der Waals surface area contributed by atoms with Gasteiger partial charge in [-0.2, -0.15) is 0 Å². The van der Waals surface area contributed by atoms with E-state index in [0.717, 1.165) is 16.5 Å². The zero-order chi connectivity index (χ0) is 23.9. The SMILES string of the molecule is CN(Cc1cccc(F)c1Cl)[C@@H](COC(=O)Nc1cc2ccccc2cn1)Cc1ccccn1. The molecule has 1 atom stereocenters. The number of hydrogen-bond donors (Lipinski definition) is 1. The highest BCUT2D eigenvalue weighted by Crippen LogP contribution is 2.22. The second kappa shape index (κ2) is 11.0. The van der Waals surface area contributed by atoms with Crippen LogP contribution in [0.25, 0.3) is 10.8 Å². The first kappa shape index (κ1) is 23.6. The molecule has 0 fully saturated rings. The molecule has 0 unspecified atom stereocenters. The highest BCUT2D eigenvalue weighted by Gasteiger charge is 2.20. The molecule has 4 aromatic rings. The van der Waals surface area contributed by atoms with E-state index in [1.165, 1.54) is 6.07 Å².